The van der Waals surface area contributed by atoms with Gasteiger partial charge < -0.3 is 9.90 Å². The molecule has 0 aromatic carbocycles. The quantitative estimate of drug-likeness (QED) is 0.472. The molecule has 1 N–H and O–H groups in total. The van der Waals surface area contributed by atoms with Gasteiger partial charge in [0, 0.05) is 6.42 Å². The Bertz CT molecular complexity index is 164. The predicted molar refractivity (Wildman–Crippen MR) is 63.8 cm³/mol. The van der Waals surface area contributed by atoms with Crippen molar-refractivity contribution >= 4 is 6.29 Å². The average molecular weight is 214 g/mol. The van der Waals surface area contributed by atoms with Gasteiger partial charge in [-0.2, -0.15) is 0 Å². The van der Waals surface area contributed by atoms with E-state index in [1.54, 1.807) is 0 Å². The molecular weight excluding hydrogens is 188 g/mol. The van der Waals surface area contributed by atoms with Gasteiger partial charge in [0.05, 0.1) is 6.10 Å². The van der Waals surface area contributed by atoms with Crippen LogP contribution < -0.4 is 0 Å². The van der Waals surface area contributed by atoms with Gasteiger partial charge in [-0.05, 0) is 11.8 Å². The van der Waals surface area contributed by atoms with Gasteiger partial charge in [-0.3, -0.25) is 0 Å². The van der Waals surface area contributed by atoms with Crippen molar-refractivity contribution in [2.75, 3.05) is 0 Å². The number of aldehydes is 1. The maximum absolute atomic E-state index is 10.3. The van der Waals surface area contributed by atoms with Crippen molar-refractivity contribution in [2.45, 2.75) is 71.8 Å². The first-order valence-corrected chi connectivity index (χ1v) is 6.16. The van der Waals surface area contributed by atoms with Crippen LogP contribution in [0.1, 0.15) is 65.7 Å². The summed E-state index contributed by atoms with van der Waals surface area (Å²) >= 11 is 0. The molecule has 1 unspecified atom stereocenters. The molecule has 0 aromatic heterocycles. The zero-order valence-corrected chi connectivity index (χ0v) is 10.5. The van der Waals surface area contributed by atoms with Crippen molar-refractivity contribution in [3.8, 4) is 0 Å². The number of hydrogen-bond acceptors (Lipinski definition) is 2. The minimum Gasteiger partial charge on any atom is -0.392 e. The summed E-state index contributed by atoms with van der Waals surface area (Å²) in [5, 5.41) is 9.75. The maximum atomic E-state index is 10.3. The van der Waals surface area contributed by atoms with Crippen LogP contribution in [0, 0.1) is 5.41 Å². The molecule has 0 radical (unpaired) electrons. The fourth-order valence-electron chi connectivity index (χ4n) is 1.76. The average Bonchev–Trinajstić information content (AvgIpc) is 2.18. The molecular formula is C13H26O2. The van der Waals surface area contributed by atoms with E-state index in [-0.39, 0.29) is 11.8 Å². The Balaban J connectivity index is 3.67. The lowest BCUT2D eigenvalue weighted by molar-refractivity contribution is -0.111. The summed E-state index contributed by atoms with van der Waals surface area (Å²) in [7, 11) is 0. The van der Waals surface area contributed by atoms with Gasteiger partial charge in [0.25, 0.3) is 0 Å². The van der Waals surface area contributed by atoms with E-state index < -0.39 is 6.10 Å². The fourth-order valence-corrected chi connectivity index (χ4v) is 1.76. The van der Waals surface area contributed by atoms with Crippen molar-refractivity contribution < 1.29 is 9.90 Å². The second-order valence-corrected chi connectivity index (χ2v) is 5.07. The number of unbranched alkanes of at least 4 members (excludes halogenated alkanes) is 4. The lowest BCUT2D eigenvalue weighted by atomic mass is 9.80. The van der Waals surface area contributed by atoms with E-state index in [4.69, 9.17) is 0 Å². The molecule has 90 valence electrons. The molecule has 0 aromatic rings. The molecule has 0 aliphatic heterocycles. The van der Waals surface area contributed by atoms with Gasteiger partial charge in [-0.1, -0.05) is 52.9 Å². The van der Waals surface area contributed by atoms with E-state index in [0.29, 0.717) is 0 Å². The molecule has 0 amide bonds. The zero-order chi connectivity index (χ0) is 11.7. The van der Waals surface area contributed by atoms with Crippen LogP contribution in [0.4, 0.5) is 0 Å². The van der Waals surface area contributed by atoms with Crippen molar-refractivity contribution in [3.63, 3.8) is 0 Å². The van der Waals surface area contributed by atoms with Crippen LogP contribution >= 0.6 is 0 Å². The summed E-state index contributed by atoms with van der Waals surface area (Å²) in [6, 6.07) is 0. The first kappa shape index (κ1) is 14.6. The van der Waals surface area contributed by atoms with Crippen LogP contribution in [0.15, 0.2) is 0 Å². The smallest absolute Gasteiger partial charge is 0.122 e. The van der Waals surface area contributed by atoms with E-state index in [9.17, 15) is 9.90 Å². The molecule has 0 fully saturated rings. The summed E-state index contributed by atoms with van der Waals surface area (Å²) in [5.41, 5.74) is -0.118. The Morgan fingerprint density at radius 1 is 1.20 bits per heavy atom. The van der Waals surface area contributed by atoms with E-state index in [2.05, 4.69) is 6.92 Å². The molecule has 0 aliphatic carbocycles. The van der Waals surface area contributed by atoms with E-state index in [1.165, 1.54) is 25.7 Å². The summed E-state index contributed by atoms with van der Waals surface area (Å²) in [4.78, 5) is 10.3. The molecule has 0 saturated heterocycles. The van der Waals surface area contributed by atoms with Gasteiger partial charge >= 0.3 is 0 Å². The number of aliphatic hydroxyl groups is 1. The monoisotopic (exact) mass is 214 g/mol. The van der Waals surface area contributed by atoms with Crippen molar-refractivity contribution in [1.29, 1.82) is 0 Å². The van der Waals surface area contributed by atoms with Crippen LogP contribution in [0.25, 0.3) is 0 Å². The molecule has 0 saturated carbocycles. The maximum Gasteiger partial charge on any atom is 0.122 e. The van der Waals surface area contributed by atoms with Crippen LogP contribution in [-0.2, 0) is 4.79 Å². The summed E-state index contributed by atoms with van der Waals surface area (Å²) < 4.78 is 0. The highest BCUT2D eigenvalue weighted by Gasteiger charge is 2.26. The zero-order valence-electron chi connectivity index (χ0n) is 10.5. The van der Waals surface area contributed by atoms with Crippen LogP contribution in [0.3, 0.4) is 0 Å². The Labute approximate surface area is 94.1 Å². The van der Waals surface area contributed by atoms with Gasteiger partial charge in [-0.25, -0.2) is 0 Å². The molecule has 0 rings (SSSR count). The molecule has 0 bridgehead atoms. The van der Waals surface area contributed by atoms with E-state index >= 15 is 0 Å². The lowest BCUT2D eigenvalue weighted by Gasteiger charge is -2.29. The second-order valence-electron chi connectivity index (χ2n) is 5.07. The highest BCUT2D eigenvalue weighted by atomic mass is 16.3. The largest absolute Gasteiger partial charge is 0.392 e. The lowest BCUT2D eigenvalue weighted by Crippen LogP contribution is -2.29. The Hall–Kier alpha value is -0.370. The topological polar surface area (TPSA) is 37.3 Å². The van der Waals surface area contributed by atoms with E-state index in [1.807, 2.05) is 13.8 Å². The summed E-state index contributed by atoms with van der Waals surface area (Å²) in [6.07, 6.45) is 7.84. The molecule has 15 heavy (non-hydrogen) atoms. The highest BCUT2D eigenvalue weighted by Crippen LogP contribution is 2.29. The summed E-state index contributed by atoms with van der Waals surface area (Å²) in [5.74, 6) is 0. The Kier molecular flexibility index (Phi) is 7.67. The highest BCUT2D eigenvalue weighted by molar-refractivity contribution is 5.50. The third-order valence-corrected chi connectivity index (χ3v) is 3.15. The van der Waals surface area contributed by atoms with Gasteiger partial charge in [0.15, 0.2) is 0 Å². The van der Waals surface area contributed by atoms with Crippen LogP contribution in [0.2, 0.25) is 0 Å². The fraction of sp³-hybridized carbons (Fsp3) is 0.923. The predicted octanol–water partition coefficient (Wildman–Crippen LogP) is 3.32. The first-order chi connectivity index (χ1) is 7.04. The number of carbonyl (C=O) groups is 1. The molecule has 0 heterocycles. The molecule has 2 heteroatoms. The minimum atomic E-state index is -0.485. The van der Waals surface area contributed by atoms with Crippen LogP contribution in [-0.4, -0.2) is 17.5 Å². The molecule has 0 aliphatic rings. The van der Waals surface area contributed by atoms with Gasteiger partial charge in [0.1, 0.15) is 6.29 Å². The number of carbonyl (C=O) groups excluding carboxylic acids is 1. The number of aliphatic hydroxyl groups excluding tert-OH is 1. The van der Waals surface area contributed by atoms with E-state index in [0.717, 1.165) is 19.1 Å². The van der Waals surface area contributed by atoms with Crippen molar-refractivity contribution in [2.24, 2.45) is 5.41 Å². The van der Waals surface area contributed by atoms with Crippen molar-refractivity contribution in [1.82, 2.24) is 0 Å². The second kappa shape index (κ2) is 7.86. The molecule has 1 atom stereocenters. The summed E-state index contributed by atoms with van der Waals surface area (Å²) in [6.45, 7) is 6.29. The number of hydrogen-bond donors (Lipinski definition) is 1. The first-order valence-electron chi connectivity index (χ1n) is 6.16. The number of rotatable bonds is 9. The van der Waals surface area contributed by atoms with Gasteiger partial charge in [-0.15, -0.1) is 0 Å². The Morgan fingerprint density at radius 2 is 1.80 bits per heavy atom. The third kappa shape index (κ3) is 6.67. The standard InChI is InChI=1S/C13H26O2/c1-4-5-6-7-8-10-13(2,3)12(15)9-11-14/h11-12,15H,4-10H2,1-3H3. The van der Waals surface area contributed by atoms with Gasteiger partial charge in [0.2, 0.25) is 0 Å². The Morgan fingerprint density at radius 3 is 2.33 bits per heavy atom. The minimum absolute atomic E-state index is 0.118. The molecule has 2 nitrogen and oxygen atoms in total. The normalized spacial score (nSPS) is 13.9. The van der Waals surface area contributed by atoms with Crippen molar-refractivity contribution in [3.05, 3.63) is 0 Å². The third-order valence-electron chi connectivity index (χ3n) is 3.15. The molecule has 0 spiro atoms. The van der Waals surface area contributed by atoms with Crippen LogP contribution in [0.5, 0.6) is 0 Å². The SMILES string of the molecule is CCCCCCCC(C)(C)C(O)CC=O.